The van der Waals surface area contributed by atoms with Crippen LogP contribution in [0.5, 0.6) is 0 Å². The van der Waals surface area contributed by atoms with Crippen LogP contribution in [0, 0.1) is 17.8 Å². The molecule has 2 N–H and O–H groups in total. The number of hydrogen-bond acceptors (Lipinski definition) is 2. The molecule has 0 aromatic rings. The van der Waals surface area contributed by atoms with Crippen LogP contribution in [0.4, 0.5) is 8.78 Å². The van der Waals surface area contributed by atoms with Crippen LogP contribution < -0.4 is 5.73 Å². The van der Waals surface area contributed by atoms with Crippen molar-refractivity contribution in [1.82, 2.24) is 4.90 Å². The Balaban J connectivity index is 1.63. The zero-order chi connectivity index (χ0) is 14.4. The Morgan fingerprint density at radius 3 is 2.15 bits per heavy atom. The molecular weight excluding hydrogens is 266 g/mol. The number of piperidine rings is 1. The van der Waals surface area contributed by atoms with Gasteiger partial charge in [0.25, 0.3) is 0 Å². The molecule has 0 aromatic carbocycles. The second-order valence-electron chi connectivity index (χ2n) is 6.45. The third kappa shape index (κ3) is 2.40. The minimum Gasteiger partial charge on any atom is -0.369 e. The molecule has 2 saturated heterocycles. The van der Waals surface area contributed by atoms with Gasteiger partial charge in [-0.15, -0.1) is 0 Å². The molecule has 0 spiro atoms. The number of rotatable bonds is 4. The Kier molecular flexibility index (Phi) is 3.42. The van der Waals surface area contributed by atoms with E-state index in [9.17, 15) is 18.4 Å². The van der Waals surface area contributed by atoms with E-state index in [2.05, 4.69) is 0 Å². The van der Waals surface area contributed by atoms with Crippen molar-refractivity contribution >= 4 is 11.8 Å². The third-order valence-electron chi connectivity index (χ3n) is 5.07. The van der Waals surface area contributed by atoms with Gasteiger partial charge in [0.1, 0.15) is 0 Å². The van der Waals surface area contributed by atoms with Crippen LogP contribution >= 0.6 is 0 Å². The monoisotopic (exact) mass is 286 g/mol. The van der Waals surface area contributed by atoms with E-state index in [0.717, 1.165) is 12.8 Å². The standard InChI is InChI=1S/C14H20F2N2O2/c15-12(16)5-7-3-8-1-2-9(4-7)18(8)14(20)11-6-10(11)13(17)19/h7-12H,1-6H2,(H2,17,19)/t7?,8?,9?,10-,11+/m1/s1. The SMILES string of the molecule is NC(=O)[C@@H]1C[C@@H]1C(=O)N1C2CCC1CC(CC(F)F)C2. The first-order chi connectivity index (χ1) is 9.47. The Morgan fingerprint density at radius 1 is 1.10 bits per heavy atom. The number of alkyl halides is 2. The second-order valence-corrected chi connectivity index (χ2v) is 6.45. The lowest BCUT2D eigenvalue weighted by atomic mass is 9.88. The summed E-state index contributed by atoms with van der Waals surface area (Å²) in [5.41, 5.74) is 5.22. The van der Waals surface area contributed by atoms with Crippen molar-refractivity contribution in [1.29, 1.82) is 0 Å². The highest BCUT2D eigenvalue weighted by atomic mass is 19.3. The van der Waals surface area contributed by atoms with Gasteiger partial charge in [-0.1, -0.05) is 0 Å². The normalized spacial score (nSPS) is 39.1. The molecule has 0 aromatic heterocycles. The number of nitrogens with two attached hydrogens (primary N) is 1. The van der Waals surface area contributed by atoms with Crippen LogP contribution in [0.3, 0.4) is 0 Å². The maximum Gasteiger partial charge on any atom is 0.238 e. The Bertz CT molecular complexity index is 415. The third-order valence-corrected chi connectivity index (χ3v) is 5.07. The lowest BCUT2D eigenvalue weighted by Gasteiger charge is -2.39. The molecule has 2 bridgehead atoms. The van der Waals surface area contributed by atoms with E-state index in [0.29, 0.717) is 19.3 Å². The van der Waals surface area contributed by atoms with Crippen molar-refractivity contribution in [3.8, 4) is 0 Å². The van der Waals surface area contributed by atoms with E-state index in [4.69, 9.17) is 5.73 Å². The van der Waals surface area contributed by atoms with E-state index < -0.39 is 12.3 Å². The average molecular weight is 286 g/mol. The van der Waals surface area contributed by atoms with Crippen molar-refractivity contribution in [3.05, 3.63) is 0 Å². The lowest BCUT2D eigenvalue weighted by Crippen LogP contribution is -2.47. The number of amides is 2. The van der Waals surface area contributed by atoms with Crippen molar-refractivity contribution in [2.45, 2.75) is 57.0 Å². The summed E-state index contributed by atoms with van der Waals surface area (Å²) in [4.78, 5) is 25.4. The number of halogens is 2. The van der Waals surface area contributed by atoms with Crippen LogP contribution in [0.1, 0.15) is 38.5 Å². The lowest BCUT2D eigenvalue weighted by molar-refractivity contribution is -0.139. The van der Waals surface area contributed by atoms with E-state index in [1.54, 1.807) is 0 Å². The fourth-order valence-electron chi connectivity index (χ4n) is 4.07. The van der Waals surface area contributed by atoms with E-state index in [1.807, 2.05) is 4.90 Å². The summed E-state index contributed by atoms with van der Waals surface area (Å²) in [6, 6.07) is 0.193. The molecule has 4 atom stereocenters. The summed E-state index contributed by atoms with van der Waals surface area (Å²) in [6.45, 7) is 0. The first-order valence-corrected chi connectivity index (χ1v) is 7.37. The van der Waals surface area contributed by atoms with E-state index in [1.165, 1.54) is 0 Å². The molecule has 1 aliphatic carbocycles. The molecule has 3 rings (SSSR count). The van der Waals surface area contributed by atoms with Crippen LogP contribution in [-0.2, 0) is 9.59 Å². The van der Waals surface area contributed by atoms with Crippen molar-refractivity contribution in [2.75, 3.05) is 0 Å². The molecule has 3 aliphatic rings. The fraction of sp³-hybridized carbons (Fsp3) is 0.857. The molecule has 1 saturated carbocycles. The van der Waals surface area contributed by atoms with E-state index in [-0.39, 0.29) is 42.2 Å². The molecule has 6 heteroatoms. The van der Waals surface area contributed by atoms with E-state index >= 15 is 0 Å². The Labute approximate surface area is 116 Å². The molecule has 3 fully saturated rings. The highest BCUT2D eigenvalue weighted by Gasteiger charge is 2.53. The molecule has 4 nitrogen and oxygen atoms in total. The van der Waals surface area contributed by atoms with Crippen molar-refractivity contribution in [3.63, 3.8) is 0 Å². The van der Waals surface area contributed by atoms with Gasteiger partial charge in [-0.05, 0) is 38.0 Å². The van der Waals surface area contributed by atoms with Crippen molar-refractivity contribution in [2.24, 2.45) is 23.5 Å². The number of carbonyl (C=O) groups is 2. The summed E-state index contributed by atoms with van der Waals surface area (Å²) < 4.78 is 25.0. The van der Waals surface area contributed by atoms with Gasteiger partial charge in [0.2, 0.25) is 18.2 Å². The molecule has 0 radical (unpaired) electrons. The summed E-state index contributed by atoms with van der Waals surface area (Å²) in [5, 5.41) is 0. The maximum absolute atomic E-state index is 12.5. The Hall–Kier alpha value is -1.20. The fourth-order valence-corrected chi connectivity index (χ4v) is 4.07. The van der Waals surface area contributed by atoms with Gasteiger partial charge >= 0.3 is 0 Å². The summed E-state index contributed by atoms with van der Waals surface area (Å²) in [7, 11) is 0. The number of primary amides is 1. The predicted molar refractivity (Wildman–Crippen MR) is 67.8 cm³/mol. The van der Waals surface area contributed by atoms with Gasteiger partial charge in [-0.3, -0.25) is 9.59 Å². The molecule has 20 heavy (non-hydrogen) atoms. The summed E-state index contributed by atoms with van der Waals surface area (Å²) in [5.74, 6) is -0.897. The first kappa shape index (κ1) is 13.8. The van der Waals surface area contributed by atoms with Gasteiger partial charge < -0.3 is 10.6 Å². The van der Waals surface area contributed by atoms with Crippen LogP contribution in [-0.4, -0.2) is 35.2 Å². The highest BCUT2D eigenvalue weighted by Crippen LogP contribution is 2.46. The summed E-state index contributed by atoms with van der Waals surface area (Å²) >= 11 is 0. The van der Waals surface area contributed by atoms with Gasteiger partial charge in [0, 0.05) is 18.5 Å². The molecule has 2 aliphatic heterocycles. The topological polar surface area (TPSA) is 63.4 Å². The largest absolute Gasteiger partial charge is 0.369 e. The zero-order valence-corrected chi connectivity index (χ0v) is 11.3. The molecule has 2 heterocycles. The molecule has 2 unspecified atom stereocenters. The maximum atomic E-state index is 12.5. The highest BCUT2D eigenvalue weighted by molar-refractivity contribution is 5.92. The number of carbonyl (C=O) groups excluding carboxylic acids is 2. The number of fused-ring (bicyclic) bond motifs is 2. The van der Waals surface area contributed by atoms with Crippen molar-refractivity contribution < 1.29 is 18.4 Å². The minimum atomic E-state index is -2.26. The van der Waals surface area contributed by atoms with Gasteiger partial charge in [-0.25, -0.2) is 8.78 Å². The average Bonchev–Trinajstić information content (AvgIpc) is 3.09. The minimum absolute atomic E-state index is 0.0248. The number of hydrogen-bond donors (Lipinski definition) is 1. The second kappa shape index (κ2) is 4.97. The number of nitrogens with zero attached hydrogens (tertiary/aromatic N) is 1. The smallest absolute Gasteiger partial charge is 0.238 e. The molecule has 2 amide bonds. The van der Waals surface area contributed by atoms with Crippen LogP contribution in [0.15, 0.2) is 0 Å². The Morgan fingerprint density at radius 2 is 1.70 bits per heavy atom. The van der Waals surface area contributed by atoms with Crippen LogP contribution in [0.25, 0.3) is 0 Å². The quantitative estimate of drug-likeness (QED) is 0.852. The van der Waals surface area contributed by atoms with Gasteiger partial charge in [0.15, 0.2) is 0 Å². The molecule has 112 valence electrons. The van der Waals surface area contributed by atoms with Crippen LogP contribution in [0.2, 0.25) is 0 Å². The predicted octanol–water partition coefficient (Wildman–Crippen LogP) is 1.53. The molecular formula is C14H20F2N2O2. The summed E-state index contributed by atoms with van der Waals surface area (Å²) in [6.07, 6.45) is 1.42. The first-order valence-electron chi connectivity index (χ1n) is 7.37. The zero-order valence-electron chi connectivity index (χ0n) is 11.3. The van der Waals surface area contributed by atoms with Gasteiger partial charge in [-0.2, -0.15) is 0 Å². The van der Waals surface area contributed by atoms with Gasteiger partial charge in [0.05, 0.1) is 11.8 Å².